The molecule has 36 heavy (non-hydrogen) atoms. The Morgan fingerprint density at radius 3 is 2.36 bits per heavy atom. The average molecular weight is 542 g/mol. The molecule has 6 rings (SSSR count). The highest BCUT2D eigenvalue weighted by molar-refractivity contribution is 9.10. The monoisotopic (exact) mass is 541 g/mol. The van der Waals surface area contributed by atoms with Crippen molar-refractivity contribution in [1.29, 1.82) is 0 Å². The van der Waals surface area contributed by atoms with E-state index in [-0.39, 0.29) is 12.0 Å². The first-order valence-corrected chi connectivity index (χ1v) is 12.5. The van der Waals surface area contributed by atoms with Gasteiger partial charge in [-0.05, 0) is 53.4 Å². The molecule has 0 bridgehead atoms. The van der Waals surface area contributed by atoms with Crippen molar-refractivity contribution >= 4 is 49.0 Å². The zero-order valence-electron chi connectivity index (χ0n) is 20.2. The molecule has 0 unspecified atom stereocenters. The highest BCUT2D eigenvalue weighted by Gasteiger charge is 2.18. The van der Waals surface area contributed by atoms with Crippen LogP contribution in [0, 0.1) is 0 Å². The standard InChI is InChI=1S/C28H24BrN5O2/c1-28(2,3)17-8-11-19(12-9-17)35-16-25-33-32-24(36-25)15-34-23-13-10-18(29)14-20(23)26-27(34)31-22-7-5-4-6-21(22)30-26/h4-14H,15-16H2,1-3H3. The van der Waals surface area contributed by atoms with E-state index >= 15 is 0 Å². The predicted octanol–water partition coefficient (Wildman–Crippen LogP) is 6.81. The molecule has 0 spiro atoms. The van der Waals surface area contributed by atoms with Crippen LogP contribution in [0.4, 0.5) is 0 Å². The highest BCUT2D eigenvalue weighted by Crippen LogP contribution is 2.31. The number of rotatable bonds is 5. The first-order chi connectivity index (χ1) is 17.3. The van der Waals surface area contributed by atoms with Crippen LogP contribution < -0.4 is 4.74 Å². The van der Waals surface area contributed by atoms with Crippen molar-refractivity contribution in [1.82, 2.24) is 24.7 Å². The summed E-state index contributed by atoms with van der Waals surface area (Å²) >= 11 is 3.59. The lowest BCUT2D eigenvalue weighted by atomic mass is 9.87. The van der Waals surface area contributed by atoms with Crippen LogP contribution >= 0.6 is 15.9 Å². The molecule has 6 aromatic rings. The number of hydrogen-bond donors (Lipinski definition) is 0. The fourth-order valence-corrected chi connectivity index (χ4v) is 4.67. The van der Waals surface area contributed by atoms with E-state index in [0.717, 1.165) is 43.3 Å². The molecule has 0 saturated heterocycles. The molecule has 180 valence electrons. The van der Waals surface area contributed by atoms with Crippen LogP contribution in [0.15, 0.2) is 75.6 Å². The molecular weight excluding hydrogens is 518 g/mol. The number of ether oxygens (including phenoxy) is 1. The Kier molecular flexibility index (Phi) is 5.48. The molecule has 0 radical (unpaired) electrons. The van der Waals surface area contributed by atoms with E-state index in [2.05, 4.69) is 75.7 Å². The number of fused-ring (bicyclic) bond motifs is 4. The summed E-state index contributed by atoms with van der Waals surface area (Å²) in [5.74, 6) is 1.66. The van der Waals surface area contributed by atoms with Gasteiger partial charge in [-0.3, -0.25) is 0 Å². The molecule has 0 saturated carbocycles. The van der Waals surface area contributed by atoms with Gasteiger partial charge in [0.1, 0.15) is 17.8 Å². The van der Waals surface area contributed by atoms with Crippen molar-refractivity contribution in [2.24, 2.45) is 0 Å². The molecule has 0 amide bonds. The van der Waals surface area contributed by atoms with E-state index in [1.54, 1.807) is 0 Å². The van der Waals surface area contributed by atoms with Gasteiger partial charge in [-0.25, -0.2) is 9.97 Å². The van der Waals surface area contributed by atoms with Crippen LogP contribution in [-0.4, -0.2) is 24.7 Å². The molecule has 0 aliphatic heterocycles. The van der Waals surface area contributed by atoms with Crippen LogP contribution in [0.3, 0.4) is 0 Å². The van der Waals surface area contributed by atoms with Gasteiger partial charge < -0.3 is 13.7 Å². The lowest BCUT2D eigenvalue weighted by molar-refractivity contribution is 0.258. The normalized spacial score (nSPS) is 12.1. The van der Waals surface area contributed by atoms with Crippen molar-refractivity contribution in [2.45, 2.75) is 39.3 Å². The van der Waals surface area contributed by atoms with Crippen molar-refractivity contribution in [3.8, 4) is 5.75 Å². The predicted molar refractivity (Wildman–Crippen MR) is 143 cm³/mol. The second-order valence-corrected chi connectivity index (χ2v) is 10.7. The summed E-state index contributed by atoms with van der Waals surface area (Å²) in [5.41, 5.74) is 5.66. The molecule has 0 atom stereocenters. The zero-order valence-corrected chi connectivity index (χ0v) is 21.8. The maximum atomic E-state index is 5.94. The maximum Gasteiger partial charge on any atom is 0.253 e. The summed E-state index contributed by atoms with van der Waals surface area (Å²) in [6.45, 7) is 7.14. The Balaban J connectivity index is 1.29. The van der Waals surface area contributed by atoms with Crippen LogP contribution in [0.25, 0.3) is 33.1 Å². The van der Waals surface area contributed by atoms with Gasteiger partial charge in [0.2, 0.25) is 5.89 Å². The lowest BCUT2D eigenvalue weighted by Gasteiger charge is -2.19. The smallest absolute Gasteiger partial charge is 0.253 e. The summed E-state index contributed by atoms with van der Waals surface area (Å²) < 4.78 is 14.9. The Morgan fingerprint density at radius 2 is 1.61 bits per heavy atom. The third-order valence-corrected chi connectivity index (χ3v) is 6.69. The number of nitrogens with zero attached hydrogens (tertiary/aromatic N) is 5. The fourth-order valence-electron chi connectivity index (χ4n) is 4.31. The van der Waals surface area contributed by atoms with E-state index < -0.39 is 0 Å². The van der Waals surface area contributed by atoms with Gasteiger partial charge >= 0.3 is 0 Å². The van der Waals surface area contributed by atoms with Crippen molar-refractivity contribution < 1.29 is 9.15 Å². The van der Waals surface area contributed by atoms with Gasteiger partial charge in [-0.2, -0.15) is 0 Å². The minimum atomic E-state index is 0.0967. The minimum absolute atomic E-state index is 0.0967. The number of hydrogen-bond acceptors (Lipinski definition) is 6. The van der Waals surface area contributed by atoms with Crippen molar-refractivity contribution in [2.75, 3.05) is 0 Å². The van der Waals surface area contributed by atoms with Crippen LogP contribution in [0.5, 0.6) is 5.75 Å². The zero-order chi connectivity index (χ0) is 24.9. The molecule has 0 N–H and O–H groups in total. The molecule has 0 fully saturated rings. The summed E-state index contributed by atoms with van der Waals surface area (Å²) in [5, 5.41) is 9.48. The molecule has 8 heteroatoms. The number of halogens is 1. The third-order valence-electron chi connectivity index (χ3n) is 6.20. The summed E-state index contributed by atoms with van der Waals surface area (Å²) in [6.07, 6.45) is 0. The Hall–Kier alpha value is -3.78. The van der Waals surface area contributed by atoms with Gasteiger partial charge in [0.15, 0.2) is 12.3 Å². The third kappa shape index (κ3) is 4.22. The Bertz CT molecular complexity index is 1710. The highest BCUT2D eigenvalue weighted by atomic mass is 79.9. The van der Waals surface area contributed by atoms with E-state index in [1.807, 2.05) is 42.5 Å². The SMILES string of the molecule is CC(C)(C)c1ccc(OCc2nnc(Cn3c4ccc(Br)cc4c4nc5ccccc5nc43)o2)cc1. The van der Waals surface area contributed by atoms with E-state index in [0.29, 0.717) is 18.3 Å². The van der Waals surface area contributed by atoms with E-state index in [4.69, 9.17) is 19.1 Å². The number of benzene rings is 3. The first kappa shape index (κ1) is 22.7. The lowest BCUT2D eigenvalue weighted by Crippen LogP contribution is -2.10. The van der Waals surface area contributed by atoms with E-state index in [1.165, 1.54) is 5.56 Å². The largest absolute Gasteiger partial charge is 0.484 e. The maximum absolute atomic E-state index is 5.94. The van der Waals surface area contributed by atoms with Gasteiger partial charge in [0.05, 0.1) is 16.6 Å². The van der Waals surface area contributed by atoms with Crippen molar-refractivity contribution in [3.63, 3.8) is 0 Å². The molecule has 0 aliphatic carbocycles. The van der Waals surface area contributed by atoms with Gasteiger partial charge in [-0.1, -0.05) is 61.0 Å². The summed E-state index contributed by atoms with van der Waals surface area (Å²) in [6, 6.07) is 22.1. The molecule has 0 aliphatic rings. The summed E-state index contributed by atoms with van der Waals surface area (Å²) in [4.78, 5) is 9.83. The minimum Gasteiger partial charge on any atom is -0.484 e. The first-order valence-electron chi connectivity index (χ1n) is 11.7. The van der Waals surface area contributed by atoms with Gasteiger partial charge in [0, 0.05) is 9.86 Å². The second kappa shape index (κ2) is 8.71. The molecule has 3 aromatic carbocycles. The van der Waals surface area contributed by atoms with E-state index in [9.17, 15) is 0 Å². The number of aromatic nitrogens is 5. The van der Waals surface area contributed by atoms with Gasteiger partial charge in [0.25, 0.3) is 5.89 Å². The van der Waals surface area contributed by atoms with Crippen LogP contribution in [0.1, 0.15) is 38.1 Å². The fraction of sp³-hybridized carbons (Fsp3) is 0.214. The molecule has 3 aromatic heterocycles. The topological polar surface area (TPSA) is 78.9 Å². The van der Waals surface area contributed by atoms with Gasteiger partial charge in [-0.15, -0.1) is 10.2 Å². The Labute approximate surface area is 216 Å². The Morgan fingerprint density at radius 1 is 0.889 bits per heavy atom. The second-order valence-electron chi connectivity index (χ2n) is 9.78. The molecule has 7 nitrogen and oxygen atoms in total. The van der Waals surface area contributed by atoms with Crippen LogP contribution in [0.2, 0.25) is 0 Å². The van der Waals surface area contributed by atoms with Crippen LogP contribution in [-0.2, 0) is 18.6 Å². The van der Waals surface area contributed by atoms with Crippen molar-refractivity contribution in [3.05, 3.63) is 88.5 Å². The number of para-hydroxylation sites is 2. The molecular formula is C28H24BrN5O2. The average Bonchev–Trinajstić information content (AvgIpc) is 3.43. The molecule has 3 heterocycles. The quantitative estimate of drug-likeness (QED) is 0.238. The summed E-state index contributed by atoms with van der Waals surface area (Å²) in [7, 11) is 0.